The van der Waals surface area contributed by atoms with Gasteiger partial charge >= 0.3 is 0 Å². The summed E-state index contributed by atoms with van der Waals surface area (Å²) < 4.78 is 0.960. The number of nitrogens with two attached hydrogens (primary N) is 1. The van der Waals surface area contributed by atoms with Gasteiger partial charge in [-0.1, -0.05) is 22.5 Å². The summed E-state index contributed by atoms with van der Waals surface area (Å²) >= 11 is 3.24. The van der Waals surface area contributed by atoms with Gasteiger partial charge in [-0.25, -0.2) is 0 Å². The first-order valence-corrected chi connectivity index (χ1v) is 3.76. The molecular formula is C7H12BrNO. The van der Waals surface area contributed by atoms with Gasteiger partial charge in [-0.15, -0.1) is 0 Å². The molecule has 1 unspecified atom stereocenters. The zero-order valence-corrected chi connectivity index (χ0v) is 7.56. The SMILES string of the molecule is C=C(/C=C(\C)Br)C(N)CO. The third-order valence-corrected chi connectivity index (χ3v) is 1.29. The van der Waals surface area contributed by atoms with E-state index in [0.717, 1.165) is 10.1 Å². The molecule has 0 fully saturated rings. The molecule has 0 rings (SSSR count). The molecule has 58 valence electrons. The highest BCUT2D eigenvalue weighted by atomic mass is 79.9. The topological polar surface area (TPSA) is 46.2 Å². The Morgan fingerprint density at radius 3 is 2.70 bits per heavy atom. The van der Waals surface area contributed by atoms with Crippen molar-refractivity contribution in [2.75, 3.05) is 6.61 Å². The van der Waals surface area contributed by atoms with Crippen LogP contribution in [0.25, 0.3) is 0 Å². The number of aliphatic hydroxyl groups is 1. The summed E-state index contributed by atoms with van der Waals surface area (Å²) in [5.41, 5.74) is 6.18. The van der Waals surface area contributed by atoms with Crippen LogP contribution >= 0.6 is 15.9 Å². The highest BCUT2D eigenvalue weighted by Gasteiger charge is 2.01. The van der Waals surface area contributed by atoms with Crippen LogP contribution in [0.3, 0.4) is 0 Å². The summed E-state index contributed by atoms with van der Waals surface area (Å²) in [6.07, 6.45) is 1.79. The van der Waals surface area contributed by atoms with Gasteiger partial charge in [-0.2, -0.15) is 0 Å². The number of hydrogen-bond acceptors (Lipinski definition) is 2. The van der Waals surface area contributed by atoms with Gasteiger partial charge in [0, 0.05) is 0 Å². The normalized spacial score (nSPS) is 15.0. The molecule has 0 saturated heterocycles. The Morgan fingerprint density at radius 2 is 2.40 bits per heavy atom. The maximum Gasteiger partial charge on any atom is 0.0624 e. The first-order chi connectivity index (χ1) is 4.57. The molecule has 1 atom stereocenters. The fourth-order valence-electron chi connectivity index (χ4n) is 0.480. The lowest BCUT2D eigenvalue weighted by atomic mass is 10.1. The molecule has 0 bridgehead atoms. The van der Waals surface area contributed by atoms with Gasteiger partial charge in [-0.05, 0) is 23.1 Å². The number of allylic oxidation sites excluding steroid dienone is 1. The lowest BCUT2D eigenvalue weighted by Gasteiger charge is -2.06. The van der Waals surface area contributed by atoms with Crippen molar-refractivity contribution in [2.45, 2.75) is 13.0 Å². The van der Waals surface area contributed by atoms with Crippen molar-refractivity contribution in [3.8, 4) is 0 Å². The van der Waals surface area contributed by atoms with Crippen LogP contribution in [-0.4, -0.2) is 17.8 Å². The van der Waals surface area contributed by atoms with Crippen LogP contribution in [0.4, 0.5) is 0 Å². The third-order valence-electron chi connectivity index (χ3n) is 1.06. The highest BCUT2D eigenvalue weighted by molar-refractivity contribution is 9.11. The predicted octanol–water partition coefficient (Wildman–Crippen LogP) is 1.16. The van der Waals surface area contributed by atoms with E-state index in [1.807, 2.05) is 6.92 Å². The van der Waals surface area contributed by atoms with Crippen molar-refractivity contribution in [3.63, 3.8) is 0 Å². The molecule has 0 amide bonds. The molecule has 0 saturated carbocycles. The first-order valence-electron chi connectivity index (χ1n) is 2.97. The Bertz CT molecular complexity index is 150. The van der Waals surface area contributed by atoms with Crippen molar-refractivity contribution in [1.29, 1.82) is 0 Å². The van der Waals surface area contributed by atoms with Crippen LogP contribution in [0.15, 0.2) is 22.7 Å². The Morgan fingerprint density at radius 1 is 1.90 bits per heavy atom. The van der Waals surface area contributed by atoms with Crippen molar-refractivity contribution >= 4 is 15.9 Å². The molecule has 0 aliphatic carbocycles. The zero-order valence-electron chi connectivity index (χ0n) is 5.97. The molecule has 0 aliphatic heterocycles. The van der Waals surface area contributed by atoms with Crippen LogP contribution in [0, 0.1) is 0 Å². The van der Waals surface area contributed by atoms with Gasteiger partial charge in [0.1, 0.15) is 0 Å². The lowest BCUT2D eigenvalue weighted by molar-refractivity contribution is 0.281. The molecule has 0 aromatic rings. The Hall–Kier alpha value is -0.120. The Labute approximate surface area is 69.6 Å². The molecule has 0 aliphatic rings. The van der Waals surface area contributed by atoms with Crippen molar-refractivity contribution in [2.24, 2.45) is 5.73 Å². The van der Waals surface area contributed by atoms with Crippen LogP contribution in [0.5, 0.6) is 0 Å². The first kappa shape index (κ1) is 9.88. The van der Waals surface area contributed by atoms with E-state index in [1.165, 1.54) is 0 Å². The van der Waals surface area contributed by atoms with Crippen molar-refractivity contribution in [3.05, 3.63) is 22.7 Å². The van der Waals surface area contributed by atoms with Crippen LogP contribution < -0.4 is 5.73 Å². The van der Waals surface area contributed by atoms with E-state index in [9.17, 15) is 0 Å². The molecule has 0 aromatic carbocycles. The minimum Gasteiger partial charge on any atom is -0.394 e. The van der Waals surface area contributed by atoms with Crippen LogP contribution in [0.1, 0.15) is 6.92 Å². The van der Waals surface area contributed by atoms with E-state index < -0.39 is 0 Å². The van der Waals surface area contributed by atoms with Gasteiger partial charge in [0.05, 0.1) is 12.6 Å². The average molecular weight is 206 g/mol. The summed E-state index contributed by atoms with van der Waals surface area (Å²) in [6.45, 7) is 5.50. The maximum absolute atomic E-state index is 8.59. The molecule has 0 radical (unpaired) electrons. The number of aliphatic hydroxyl groups excluding tert-OH is 1. The van der Waals surface area contributed by atoms with Gasteiger partial charge in [-0.3, -0.25) is 0 Å². The number of rotatable bonds is 3. The van der Waals surface area contributed by atoms with Gasteiger partial charge in [0.15, 0.2) is 0 Å². The van der Waals surface area contributed by atoms with Crippen LogP contribution in [0.2, 0.25) is 0 Å². The molecule has 0 heterocycles. The van der Waals surface area contributed by atoms with E-state index in [-0.39, 0.29) is 12.6 Å². The smallest absolute Gasteiger partial charge is 0.0624 e. The van der Waals surface area contributed by atoms with Gasteiger partial charge < -0.3 is 10.8 Å². The quantitative estimate of drug-likeness (QED) is 0.680. The molecule has 0 spiro atoms. The van der Waals surface area contributed by atoms with Gasteiger partial charge in [0.2, 0.25) is 0 Å². The second kappa shape index (κ2) is 4.66. The molecule has 10 heavy (non-hydrogen) atoms. The Kier molecular flexibility index (Phi) is 4.60. The van der Waals surface area contributed by atoms with Crippen molar-refractivity contribution in [1.82, 2.24) is 0 Å². The standard InChI is InChI=1S/C7H12BrNO/c1-5(3-6(2)8)7(9)4-10/h3,7,10H,1,4,9H2,2H3/b6-3+. The van der Waals surface area contributed by atoms with E-state index in [1.54, 1.807) is 6.08 Å². The van der Waals surface area contributed by atoms with E-state index in [4.69, 9.17) is 10.8 Å². The monoisotopic (exact) mass is 205 g/mol. The summed E-state index contributed by atoms with van der Waals surface area (Å²) in [4.78, 5) is 0. The fraction of sp³-hybridized carbons (Fsp3) is 0.429. The number of hydrogen-bond donors (Lipinski definition) is 2. The summed E-state index contributed by atoms with van der Waals surface area (Å²) in [6, 6.07) is -0.340. The number of halogens is 1. The zero-order chi connectivity index (χ0) is 8.15. The highest BCUT2D eigenvalue weighted by Crippen LogP contribution is 2.08. The summed E-state index contributed by atoms with van der Waals surface area (Å²) in [5, 5.41) is 8.59. The van der Waals surface area contributed by atoms with Crippen molar-refractivity contribution < 1.29 is 5.11 Å². The second-order valence-corrected chi connectivity index (χ2v) is 3.35. The predicted molar refractivity (Wildman–Crippen MR) is 46.9 cm³/mol. The van der Waals surface area contributed by atoms with E-state index in [0.29, 0.717) is 0 Å². The maximum atomic E-state index is 8.59. The molecule has 3 N–H and O–H groups in total. The Balaban J connectivity index is 3.97. The summed E-state index contributed by atoms with van der Waals surface area (Å²) in [5.74, 6) is 0. The average Bonchev–Trinajstić information content (AvgIpc) is 1.85. The van der Waals surface area contributed by atoms with E-state index in [2.05, 4.69) is 22.5 Å². The minimum atomic E-state index is -0.340. The summed E-state index contributed by atoms with van der Waals surface area (Å²) in [7, 11) is 0. The van der Waals surface area contributed by atoms with Crippen LogP contribution in [-0.2, 0) is 0 Å². The van der Waals surface area contributed by atoms with Gasteiger partial charge in [0.25, 0.3) is 0 Å². The fourth-order valence-corrected chi connectivity index (χ4v) is 0.774. The molecule has 2 nitrogen and oxygen atoms in total. The largest absolute Gasteiger partial charge is 0.394 e. The third kappa shape index (κ3) is 3.82. The molecule has 3 heteroatoms. The molecule has 0 aromatic heterocycles. The second-order valence-electron chi connectivity index (χ2n) is 2.10. The lowest BCUT2D eigenvalue weighted by Crippen LogP contribution is -2.25. The minimum absolute atomic E-state index is 0.0599. The van der Waals surface area contributed by atoms with E-state index >= 15 is 0 Å². The molecular weight excluding hydrogens is 194 g/mol.